The van der Waals surface area contributed by atoms with E-state index in [1.54, 1.807) is 0 Å². The highest BCUT2D eigenvalue weighted by atomic mass is 32.2. The van der Waals surface area contributed by atoms with Gasteiger partial charge in [-0.2, -0.15) is 11.8 Å². The average molecular weight is 404 g/mol. The van der Waals surface area contributed by atoms with Crippen LogP contribution < -0.4 is 0 Å². The summed E-state index contributed by atoms with van der Waals surface area (Å²) in [5, 5.41) is 0.759. The number of carbonyl (C=O) groups is 6. The minimum atomic E-state index is -1.17. The van der Waals surface area contributed by atoms with Crippen molar-refractivity contribution in [3.63, 3.8) is 0 Å². The zero-order valence-electron chi connectivity index (χ0n) is 14.0. The minimum Gasteiger partial charge on any atom is -0.432 e. The van der Waals surface area contributed by atoms with Crippen LogP contribution in [0.25, 0.3) is 0 Å². The zero-order valence-corrected chi connectivity index (χ0v) is 14.9. The molecular formula is C14H16N2O10S. The van der Waals surface area contributed by atoms with Gasteiger partial charge in [-0.05, 0) is 0 Å². The van der Waals surface area contributed by atoms with Crippen LogP contribution in [-0.4, -0.2) is 70.8 Å². The normalized spacial score (nSPS) is 16.7. The summed E-state index contributed by atoms with van der Waals surface area (Å²) in [6.07, 6.45) is -2.37. The van der Waals surface area contributed by atoms with Gasteiger partial charge in [0, 0.05) is 37.2 Å². The molecule has 0 unspecified atom stereocenters. The molecular weight excluding hydrogens is 388 g/mol. The van der Waals surface area contributed by atoms with Gasteiger partial charge < -0.3 is 9.47 Å². The average Bonchev–Trinajstić information content (AvgIpc) is 3.11. The molecule has 0 aromatic heterocycles. The summed E-state index contributed by atoms with van der Waals surface area (Å²) in [5.74, 6) is -1.75. The Kier molecular flexibility index (Phi) is 7.40. The van der Waals surface area contributed by atoms with Gasteiger partial charge in [-0.3, -0.25) is 28.9 Å². The largest absolute Gasteiger partial charge is 0.533 e. The number of thioether (sulfide) groups is 1. The number of hydroxylamine groups is 4. The zero-order chi connectivity index (χ0) is 19.8. The predicted octanol–water partition coefficient (Wildman–Crippen LogP) is 0.154. The summed E-state index contributed by atoms with van der Waals surface area (Å²) in [4.78, 5) is 76.6. The SMILES string of the molecule is O=C(OCCSCCOC(=O)ON1C(=O)CCC1=O)ON1C(=O)CCC1=O. The van der Waals surface area contributed by atoms with Crippen molar-refractivity contribution in [2.24, 2.45) is 0 Å². The molecule has 0 aliphatic carbocycles. The van der Waals surface area contributed by atoms with Crippen LogP contribution in [0.4, 0.5) is 9.59 Å². The van der Waals surface area contributed by atoms with E-state index in [-0.39, 0.29) is 38.9 Å². The van der Waals surface area contributed by atoms with Crippen molar-refractivity contribution in [2.45, 2.75) is 25.7 Å². The fourth-order valence-electron chi connectivity index (χ4n) is 1.99. The summed E-state index contributed by atoms with van der Waals surface area (Å²) in [5.41, 5.74) is 0. The topological polar surface area (TPSA) is 146 Å². The van der Waals surface area contributed by atoms with Gasteiger partial charge in [0.2, 0.25) is 0 Å². The number of amides is 4. The summed E-state index contributed by atoms with van der Waals surface area (Å²) in [7, 11) is 0. The Morgan fingerprint density at radius 2 is 1.04 bits per heavy atom. The fraction of sp³-hybridized carbons (Fsp3) is 0.571. The minimum absolute atomic E-state index is 0.00944. The van der Waals surface area contributed by atoms with E-state index in [4.69, 9.17) is 9.47 Å². The molecule has 2 aliphatic rings. The van der Waals surface area contributed by atoms with Gasteiger partial charge in [0.1, 0.15) is 13.2 Å². The van der Waals surface area contributed by atoms with Crippen LogP contribution in [-0.2, 0) is 38.3 Å². The van der Waals surface area contributed by atoms with Crippen molar-refractivity contribution in [3.8, 4) is 0 Å². The second-order valence-electron chi connectivity index (χ2n) is 5.16. The van der Waals surface area contributed by atoms with Crippen molar-refractivity contribution in [3.05, 3.63) is 0 Å². The highest BCUT2D eigenvalue weighted by Gasteiger charge is 2.34. The van der Waals surface area contributed by atoms with Crippen LogP contribution in [0, 0.1) is 0 Å². The van der Waals surface area contributed by atoms with Gasteiger partial charge >= 0.3 is 12.3 Å². The Morgan fingerprint density at radius 1 is 0.704 bits per heavy atom. The number of nitrogens with zero attached hydrogens (tertiary/aromatic N) is 2. The van der Waals surface area contributed by atoms with Crippen LogP contribution in [0.1, 0.15) is 25.7 Å². The summed E-state index contributed by atoms with van der Waals surface area (Å²) < 4.78 is 9.40. The molecule has 0 saturated carbocycles. The van der Waals surface area contributed by atoms with Crippen LogP contribution in [0.15, 0.2) is 0 Å². The molecule has 27 heavy (non-hydrogen) atoms. The lowest BCUT2D eigenvalue weighted by atomic mass is 10.4. The van der Waals surface area contributed by atoms with Gasteiger partial charge in [-0.25, -0.2) is 9.59 Å². The Hall–Kier alpha value is -2.83. The monoisotopic (exact) mass is 404 g/mol. The molecule has 4 amide bonds. The molecule has 148 valence electrons. The Morgan fingerprint density at radius 3 is 1.37 bits per heavy atom. The molecule has 0 bridgehead atoms. The Labute approximate surface area is 156 Å². The molecule has 0 radical (unpaired) electrons. The number of hydrogen-bond acceptors (Lipinski definition) is 11. The first-order chi connectivity index (χ1) is 12.9. The molecule has 2 heterocycles. The lowest BCUT2D eigenvalue weighted by molar-refractivity contribution is -0.177. The molecule has 0 N–H and O–H groups in total. The number of rotatable bonds is 8. The highest BCUT2D eigenvalue weighted by Crippen LogP contribution is 2.13. The molecule has 0 aromatic rings. The van der Waals surface area contributed by atoms with E-state index in [0.717, 1.165) is 0 Å². The van der Waals surface area contributed by atoms with E-state index in [1.807, 2.05) is 0 Å². The van der Waals surface area contributed by atoms with Gasteiger partial charge in [0.15, 0.2) is 0 Å². The standard InChI is InChI=1S/C14H16N2O10S/c17-9-1-2-10(18)15(9)25-13(21)23-5-7-27-8-6-24-14(22)26-16-11(19)3-4-12(16)20/h1-8H2. The van der Waals surface area contributed by atoms with Crippen LogP contribution >= 0.6 is 11.8 Å². The number of carbonyl (C=O) groups excluding carboxylic acids is 6. The Bertz CT molecular complexity index is 566. The highest BCUT2D eigenvalue weighted by molar-refractivity contribution is 7.99. The number of ether oxygens (including phenoxy) is 2. The second kappa shape index (κ2) is 9.75. The molecule has 2 aliphatic heterocycles. The fourth-order valence-corrected chi connectivity index (χ4v) is 2.59. The molecule has 2 fully saturated rings. The first kappa shape index (κ1) is 20.5. The maximum Gasteiger partial charge on any atom is 0.533 e. The predicted molar refractivity (Wildman–Crippen MR) is 84.4 cm³/mol. The third kappa shape index (κ3) is 6.13. The van der Waals surface area contributed by atoms with Gasteiger partial charge in [0.25, 0.3) is 23.6 Å². The quantitative estimate of drug-likeness (QED) is 0.309. The van der Waals surface area contributed by atoms with Gasteiger partial charge in [-0.1, -0.05) is 10.1 Å². The number of imide groups is 2. The molecule has 0 spiro atoms. The summed E-state index contributed by atoms with van der Waals surface area (Å²) in [6, 6.07) is 0. The molecule has 13 heteroatoms. The summed E-state index contributed by atoms with van der Waals surface area (Å²) >= 11 is 1.26. The third-order valence-corrected chi connectivity index (χ3v) is 4.15. The molecule has 2 rings (SSSR count). The molecule has 12 nitrogen and oxygen atoms in total. The Balaban J connectivity index is 1.48. The first-order valence-corrected chi connectivity index (χ1v) is 9.02. The van der Waals surface area contributed by atoms with E-state index in [2.05, 4.69) is 9.68 Å². The van der Waals surface area contributed by atoms with Crippen molar-refractivity contribution in [1.82, 2.24) is 10.1 Å². The second-order valence-corrected chi connectivity index (χ2v) is 6.38. The summed E-state index contributed by atoms with van der Waals surface area (Å²) in [6.45, 7) is -0.109. The van der Waals surface area contributed by atoms with E-state index in [0.29, 0.717) is 21.6 Å². The third-order valence-electron chi connectivity index (χ3n) is 3.24. The lowest BCUT2D eigenvalue weighted by Crippen LogP contribution is -2.32. The van der Waals surface area contributed by atoms with Crippen molar-refractivity contribution in [2.75, 3.05) is 24.7 Å². The molecule has 0 aromatic carbocycles. The van der Waals surface area contributed by atoms with Gasteiger partial charge in [-0.15, -0.1) is 0 Å². The molecule has 0 atom stereocenters. The van der Waals surface area contributed by atoms with Gasteiger partial charge in [0.05, 0.1) is 0 Å². The molecule has 2 saturated heterocycles. The van der Waals surface area contributed by atoms with Crippen LogP contribution in [0.5, 0.6) is 0 Å². The van der Waals surface area contributed by atoms with Crippen molar-refractivity contribution < 1.29 is 47.9 Å². The van der Waals surface area contributed by atoms with E-state index in [1.165, 1.54) is 11.8 Å². The van der Waals surface area contributed by atoms with Crippen molar-refractivity contribution in [1.29, 1.82) is 0 Å². The van der Waals surface area contributed by atoms with Crippen molar-refractivity contribution >= 4 is 47.7 Å². The van der Waals surface area contributed by atoms with E-state index in [9.17, 15) is 28.8 Å². The van der Waals surface area contributed by atoms with Crippen LogP contribution in [0.3, 0.4) is 0 Å². The van der Waals surface area contributed by atoms with E-state index < -0.39 is 35.9 Å². The first-order valence-electron chi connectivity index (χ1n) is 7.87. The lowest BCUT2D eigenvalue weighted by Gasteiger charge is -2.12. The number of hydrogen-bond donors (Lipinski definition) is 0. The van der Waals surface area contributed by atoms with E-state index >= 15 is 0 Å². The smallest absolute Gasteiger partial charge is 0.432 e. The van der Waals surface area contributed by atoms with Crippen LogP contribution in [0.2, 0.25) is 0 Å². The maximum atomic E-state index is 11.3. The maximum absolute atomic E-state index is 11.3.